The molecule has 0 saturated heterocycles. The van der Waals surface area contributed by atoms with Crippen LogP contribution in [0.5, 0.6) is 5.75 Å². The molecule has 1 aliphatic rings. The number of benzene rings is 1. The summed E-state index contributed by atoms with van der Waals surface area (Å²) < 4.78 is 5.59. The molecule has 1 aromatic rings. The molecule has 0 amide bonds. The summed E-state index contributed by atoms with van der Waals surface area (Å²) in [6.07, 6.45) is 1.18. The van der Waals surface area contributed by atoms with Crippen molar-refractivity contribution in [1.82, 2.24) is 0 Å². The van der Waals surface area contributed by atoms with E-state index in [4.69, 9.17) is 10.00 Å². The lowest BCUT2D eigenvalue weighted by Crippen LogP contribution is -2.07. The molecule has 0 aliphatic heterocycles. The van der Waals surface area contributed by atoms with Crippen molar-refractivity contribution in [2.75, 3.05) is 0 Å². The number of hydrogen-bond donors (Lipinski definition) is 0. The molecule has 0 aromatic heterocycles. The zero-order valence-corrected chi connectivity index (χ0v) is 10.0. The molecule has 1 fully saturated rings. The molecule has 16 heavy (non-hydrogen) atoms. The molecule has 84 valence electrons. The summed E-state index contributed by atoms with van der Waals surface area (Å²) >= 11 is 0. The second-order valence-electron chi connectivity index (χ2n) is 4.99. The second kappa shape index (κ2) is 3.83. The van der Waals surface area contributed by atoms with Crippen molar-refractivity contribution in [1.29, 1.82) is 5.26 Å². The van der Waals surface area contributed by atoms with Gasteiger partial charge >= 0.3 is 0 Å². The summed E-state index contributed by atoms with van der Waals surface area (Å²) in [5.41, 5.74) is 1.32. The Balaban J connectivity index is 2.12. The van der Waals surface area contributed by atoms with Gasteiger partial charge in [0.25, 0.3) is 0 Å². The van der Waals surface area contributed by atoms with E-state index in [9.17, 15) is 0 Å². The highest BCUT2D eigenvalue weighted by Crippen LogP contribution is 2.53. The number of nitrogens with zero attached hydrogens (tertiary/aromatic N) is 1. The molecule has 0 bridgehead atoms. The predicted molar refractivity (Wildman–Crippen MR) is 63.3 cm³/mol. The fourth-order valence-corrected chi connectivity index (χ4v) is 2.06. The third kappa shape index (κ3) is 1.90. The van der Waals surface area contributed by atoms with Crippen molar-refractivity contribution in [3.63, 3.8) is 0 Å². The highest BCUT2D eigenvalue weighted by Gasteiger charge is 2.51. The van der Waals surface area contributed by atoms with E-state index in [1.165, 1.54) is 5.56 Å². The lowest BCUT2D eigenvalue weighted by Gasteiger charge is -2.12. The van der Waals surface area contributed by atoms with Crippen LogP contribution in [0.3, 0.4) is 0 Å². The molecule has 2 nitrogen and oxygen atoms in total. The minimum atomic E-state index is 0.0745. The molecule has 0 N–H and O–H groups in total. The molecule has 2 heteroatoms. The fraction of sp³-hybridized carbons (Fsp3) is 0.500. The van der Waals surface area contributed by atoms with Crippen molar-refractivity contribution in [3.05, 3.63) is 29.8 Å². The van der Waals surface area contributed by atoms with Gasteiger partial charge in [-0.1, -0.05) is 19.1 Å². The quantitative estimate of drug-likeness (QED) is 0.775. The van der Waals surface area contributed by atoms with Crippen molar-refractivity contribution >= 4 is 0 Å². The summed E-state index contributed by atoms with van der Waals surface area (Å²) in [5, 5.41) is 8.90. The van der Waals surface area contributed by atoms with Crippen molar-refractivity contribution in [2.24, 2.45) is 5.92 Å². The van der Waals surface area contributed by atoms with Gasteiger partial charge in [-0.05, 0) is 38.0 Å². The van der Waals surface area contributed by atoms with E-state index in [1.54, 1.807) is 0 Å². The van der Waals surface area contributed by atoms with Crippen LogP contribution in [0.1, 0.15) is 32.8 Å². The Labute approximate surface area is 96.9 Å². The highest BCUT2D eigenvalue weighted by atomic mass is 16.5. The zero-order valence-electron chi connectivity index (χ0n) is 10.0. The minimum Gasteiger partial charge on any atom is -0.491 e. The van der Waals surface area contributed by atoms with Crippen LogP contribution in [0.2, 0.25) is 0 Å². The maximum Gasteiger partial charge on any atom is 0.119 e. The zero-order chi connectivity index (χ0) is 11.8. The van der Waals surface area contributed by atoms with Gasteiger partial charge in [0, 0.05) is 5.41 Å². The van der Waals surface area contributed by atoms with Gasteiger partial charge in [0.15, 0.2) is 0 Å². The lowest BCUT2D eigenvalue weighted by atomic mass is 9.96. The molecular weight excluding hydrogens is 198 g/mol. The molecule has 2 rings (SSSR count). The molecular formula is C14H17NO. The van der Waals surface area contributed by atoms with Gasteiger partial charge in [0.05, 0.1) is 18.1 Å². The third-order valence-electron chi connectivity index (χ3n) is 3.28. The van der Waals surface area contributed by atoms with Gasteiger partial charge in [-0.15, -0.1) is 0 Å². The number of rotatable bonds is 3. The molecule has 1 aliphatic carbocycles. The van der Waals surface area contributed by atoms with E-state index < -0.39 is 0 Å². The van der Waals surface area contributed by atoms with Crippen LogP contribution >= 0.6 is 0 Å². The normalized spacial score (nSPS) is 27.6. The van der Waals surface area contributed by atoms with Crippen LogP contribution in [0, 0.1) is 17.2 Å². The van der Waals surface area contributed by atoms with Crippen LogP contribution < -0.4 is 4.74 Å². The second-order valence-corrected chi connectivity index (χ2v) is 4.99. The molecule has 2 atom stereocenters. The lowest BCUT2D eigenvalue weighted by molar-refractivity contribution is 0.242. The first-order valence-corrected chi connectivity index (χ1v) is 5.73. The Bertz CT molecular complexity index is 415. The number of ether oxygens (including phenoxy) is 1. The van der Waals surface area contributed by atoms with Crippen LogP contribution in [0.4, 0.5) is 0 Å². The Hall–Kier alpha value is -1.49. The SMILES string of the molecule is CC(C)Oc1ccc(C2(C)CC2C#N)cc1. The van der Waals surface area contributed by atoms with E-state index in [0.29, 0.717) is 0 Å². The molecule has 0 spiro atoms. The van der Waals surface area contributed by atoms with Gasteiger partial charge in [0.2, 0.25) is 0 Å². The average Bonchev–Trinajstić information content (AvgIpc) is 2.91. The Morgan fingerprint density at radius 3 is 2.44 bits per heavy atom. The van der Waals surface area contributed by atoms with Gasteiger partial charge < -0.3 is 4.74 Å². The van der Waals surface area contributed by atoms with Gasteiger partial charge in [-0.3, -0.25) is 0 Å². The third-order valence-corrected chi connectivity index (χ3v) is 3.28. The molecule has 0 heterocycles. The van der Waals surface area contributed by atoms with Crippen molar-refractivity contribution in [3.8, 4) is 11.8 Å². The molecule has 1 aromatic carbocycles. The predicted octanol–water partition coefficient (Wildman–Crippen LogP) is 3.27. The van der Waals surface area contributed by atoms with E-state index >= 15 is 0 Å². The average molecular weight is 215 g/mol. The molecule has 1 saturated carbocycles. The Morgan fingerprint density at radius 2 is 2.00 bits per heavy atom. The minimum absolute atomic E-state index is 0.0745. The van der Waals surface area contributed by atoms with E-state index in [2.05, 4.69) is 25.1 Å². The summed E-state index contributed by atoms with van der Waals surface area (Å²) in [7, 11) is 0. The summed E-state index contributed by atoms with van der Waals surface area (Å²) in [4.78, 5) is 0. The van der Waals surface area contributed by atoms with Gasteiger partial charge in [-0.2, -0.15) is 5.26 Å². The molecule has 0 radical (unpaired) electrons. The van der Waals surface area contributed by atoms with Crippen LogP contribution in [0.15, 0.2) is 24.3 Å². The summed E-state index contributed by atoms with van der Waals surface area (Å²) in [6, 6.07) is 10.5. The topological polar surface area (TPSA) is 33.0 Å². The number of nitriles is 1. The van der Waals surface area contributed by atoms with Crippen LogP contribution in [-0.4, -0.2) is 6.10 Å². The highest BCUT2D eigenvalue weighted by molar-refractivity contribution is 5.39. The van der Waals surface area contributed by atoms with E-state index in [0.717, 1.165) is 12.2 Å². The summed E-state index contributed by atoms with van der Waals surface area (Å²) in [6.45, 7) is 6.18. The van der Waals surface area contributed by atoms with Crippen LogP contribution in [-0.2, 0) is 5.41 Å². The smallest absolute Gasteiger partial charge is 0.119 e. The van der Waals surface area contributed by atoms with Crippen LogP contribution in [0.25, 0.3) is 0 Å². The van der Waals surface area contributed by atoms with Crippen molar-refractivity contribution in [2.45, 2.75) is 38.7 Å². The monoisotopic (exact) mass is 215 g/mol. The van der Waals surface area contributed by atoms with E-state index in [-0.39, 0.29) is 17.4 Å². The maximum atomic E-state index is 8.90. The maximum absolute atomic E-state index is 8.90. The van der Waals surface area contributed by atoms with Crippen molar-refractivity contribution < 1.29 is 4.74 Å². The largest absolute Gasteiger partial charge is 0.491 e. The Morgan fingerprint density at radius 1 is 1.38 bits per heavy atom. The van der Waals surface area contributed by atoms with Gasteiger partial charge in [0.1, 0.15) is 5.75 Å². The summed E-state index contributed by atoms with van der Waals surface area (Å²) in [5.74, 6) is 1.08. The first-order valence-electron chi connectivity index (χ1n) is 5.73. The molecule has 2 unspecified atom stereocenters. The first kappa shape index (κ1) is 11.0. The standard InChI is InChI=1S/C14H17NO/c1-10(2)16-13-6-4-11(5-7-13)14(3)8-12(14)9-15/h4-7,10,12H,8H2,1-3H3. The Kier molecular flexibility index (Phi) is 2.63. The van der Waals surface area contributed by atoms with E-state index in [1.807, 2.05) is 26.0 Å². The number of hydrogen-bond acceptors (Lipinski definition) is 2. The van der Waals surface area contributed by atoms with Gasteiger partial charge in [-0.25, -0.2) is 0 Å². The first-order chi connectivity index (χ1) is 7.56. The fourth-order valence-electron chi connectivity index (χ4n) is 2.06.